The van der Waals surface area contributed by atoms with E-state index in [9.17, 15) is 4.79 Å². The number of benzene rings is 2. The second-order valence-electron chi connectivity index (χ2n) is 7.22. The lowest BCUT2D eigenvalue weighted by atomic mass is 10.0. The highest BCUT2D eigenvalue weighted by atomic mass is 16.1. The largest absolute Gasteiger partial charge is 0.369 e. The van der Waals surface area contributed by atoms with Crippen LogP contribution in [0.4, 0.5) is 5.69 Å². The van der Waals surface area contributed by atoms with E-state index >= 15 is 0 Å². The number of piperazine rings is 1. The molecule has 2 aromatic carbocycles. The number of rotatable bonds is 4. The van der Waals surface area contributed by atoms with Crippen molar-refractivity contribution >= 4 is 11.6 Å². The number of nitrogens with one attached hydrogen (secondary N) is 1. The summed E-state index contributed by atoms with van der Waals surface area (Å²) < 4.78 is 0. The average Bonchev–Trinajstić information content (AvgIpc) is 2.69. The van der Waals surface area contributed by atoms with Crippen LogP contribution in [0.15, 0.2) is 42.5 Å². The Hall–Kier alpha value is -2.84. The van der Waals surface area contributed by atoms with Crippen LogP contribution in [0.5, 0.6) is 0 Å². The van der Waals surface area contributed by atoms with Gasteiger partial charge in [0.2, 0.25) is 0 Å². The zero-order valence-corrected chi connectivity index (χ0v) is 16.2. The van der Waals surface area contributed by atoms with Crippen LogP contribution in [0.25, 0.3) is 0 Å². The van der Waals surface area contributed by atoms with Crippen molar-refractivity contribution in [2.45, 2.75) is 19.9 Å². The molecule has 140 valence electrons. The summed E-state index contributed by atoms with van der Waals surface area (Å²) in [6.45, 7) is 7.90. The summed E-state index contributed by atoms with van der Waals surface area (Å²) in [7, 11) is 2.13. The van der Waals surface area contributed by atoms with Gasteiger partial charge in [0.1, 0.15) is 0 Å². The third kappa shape index (κ3) is 4.47. The van der Waals surface area contributed by atoms with Gasteiger partial charge in [0.25, 0.3) is 5.91 Å². The highest BCUT2D eigenvalue weighted by Crippen LogP contribution is 2.22. The van der Waals surface area contributed by atoms with Crippen molar-refractivity contribution in [2.75, 3.05) is 38.1 Å². The molecule has 1 N–H and O–H groups in total. The van der Waals surface area contributed by atoms with Gasteiger partial charge in [-0.3, -0.25) is 4.79 Å². The molecular formula is C22H26N4O. The molecule has 1 heterocycles. The van der Waals surface area contributed by atoms with Crippen molar-refractivity contribution in [3.63, 3.8) is 0 Å². The molecule has 1 fully saturated rings. The first-order chi connectivity index (χ1) is 13.0. The first-order valence-electron chi connectivity index (χ1n) is 9.33. The summed E-state index contributed by atoms with van der Waals surface area (Å²) in [5.74, 6) is -0.0849. The van der Waals surface area contributed by atoms with Gasteiger partial charge in [-0.25, -0.2) is 0 Å². The van der Waals surface area contributed by atoms with E-state index in [1.54, 1.807) is 6.07 Å². The number of aryl methyl sites for hydroxylation is 1. The average molecular weight is 362 g/mol. The molecule has 5 nitrogen and oxygen atoms in total. The Morgan fingerprint density at radius 3 is 2.59 bits per heavy atom. The van der Waals surface area contributed by atoms with Crippen molar-refractivity contribution in [3.8, 4) is 6.07 Å². The SMILES string of the molecule is Cc1ccc(N2CCN(C)CC2)cc1C(=O)N[C@H](C)c1cccc(C#N)c1. The molecule has 5 heteroatoms. The van der Waals surface area contributed by atoms with Gasteiger partial charge in [-0.1, -0.05) is 18.2 Å². The minimum absolute atomic E-state index is 0.0849. The van der Waals surface area contributed by atoms with Crippen LogP contribution >= 0.6 is 0 Å². The van der Waals surface area contributed by atoms with Crippen LogP contribution < -0.4 is 10.2 Å². The highest BCUT2D eigenvalue weighted by molar-refractivity contribution is 5.96. The molecule has 1 aliphatic rings. The minimum atomic E-state index is -0.169. The third-order valence-corrected chi connectivity index (χ3v) is 5.20. The molecular weight excluding hydrogens is 336 g/mol. The molecule has 27 heavy (non-hydrogen) atoms. The predicted molar refractivity (Wildman–Crippen MR) is 108 cm³/mol. The van der Waals surface area contributed by atoms with Crippen LogP contribution in [0.1, 0.15) is 40.0 Å². The maximum absolute atomic E-state index is 12.9. The van der Waals surface area contributed by atoms with Gasteiger partial charge in [0.15, 0.2) is 0 Å². The van der Waals surface area contributed by atoms with Gasteiger partial charge in [0.05, 0.1) is 17.7 Å². The fraction of sp³-hybridized carbons (Fsp3) is 0.364. The van der Waals surface area contributed by atoms with Crippen molar-refractivity contribution in [1.29, 1.82) is 5.26 Å². The van der Waals surface area contributed by atoms with E-state index in [2.05, 4.69) is 34.3 Å². The van der Waals surface area contributed by atoms with Crippen molar-refractivity contribution in [3.05, 3.63) is 64.7 Å². The Morgan fingerprint density at radius 2 is 1.89 bits per heavy atom. The van der Waals surface area contributed by atoms with E-state index in [0.29, 0.717) is 11.1 Å². The third-order valence-electron chi connectivity index (χ3n) is 5.20. The number of likely N-dealkylation sites (N-methyl/N-ethyl adjacent to an activating group) is 1. The van der Waals surface area contributed by atoms with Gasteiger partial charge >= 0.3 is 0 Å². The lowest BCUT2D eigenvalue weighted by molar-refractivity contribution is 0.0939. The Bertz CT molecular complexity index is 863. The molecule has 1 amide bonds. The quantitative estimate of drug-likeness (QED) is 0.908. The molecule has 0 unspecified atom stereocenters. The standard InChI is InChI=1S/C22H26N4O/c1-16-7-8-20(26-11-9-25(3)10-12-26)14-21(16)22(27)24-17(2)19-6-4-5-18(13-19)15-23/h4-8,13-14,17H,9-12H2,1-3H3,(H,24,27)/t17-/m1/s1. The molecule has 2 aromatic rings. The van der Waals surface area contributed by atoms with Crippen LogP contribution in [0.3, 0.4) is 0 Å². The first-order valence-corrected chi connectivity index (χ1v) is 9.33. The van der Waals surface area contributed by atoms with Gasteiger partial charge in [-0.05, 0) is 56.3 Å². The van der Waals surface area contributed by atoms with Crippen LogP contribution in [0, 0.1) is 18.3 Å². The lowest BCUT2D eigenvalue weighted by Gasteiger charge is -2.34. The van der Waals surface area contributed by atoms with E-state index in [1.807, 2.05) is 44.2 Å². The second-order valence-corrected chi connectivity index (χ2v) is 7.22. The van der Waals surface area contributed by atoms with E-state index < -0.39 is 0 Å². The fourth-order valence-electron chi connectivity index (χ4n) is 3.35. The summed E-state index contributed by atoms with van der Waals surface area (Å²) >= 11 is 0. The molecule has 0 aliphatic carbocycles. The van der Waals surface area contributed by atoms with Crippen molar-refractivity contribution < 1.29 is 4.79 Å². The number of carbonyl (C=O) groups excluding carboxylic acids is 1. The van der Waals surface area contributed by atoms with Crippen LogP contribution in [-0.2, 0) is 0 Å². The summed E-state index contributed by atoms with van der Waals surface area (Å²) in [5, 5.41) is 12.1. The monoisotopic (exact) mass is 362 g/mol. The summed E-state index contributed by atoms with van der Waals surface area (Å²) in [4.78, 5) is 17.5. The molecule has 3 rings (SSSR count). The van der Waals surface area contributed by atoms with E-state index in [-0.39, 0.29) is 11.9 Å². The molecule has 0 bridgehead atoms. The zero-order valence-electron chi connectivity index (χ0n) is 16.2. The number of carbonyl (C=O) groups is 1. The molecule has 0 spiro atoms. The normalized spacial score (nSPS) is 15.9. The van der Waals surface area contributed by atoms with Crippen LogP contribution in [-0.4, -0.2) is 44.0 Å². The number of amides is 1. The van der Waals surface area contributed by atoms with Gasteiger partial charge in [-0.15, -0.1) is 0 Å². The topological polar surface area (TPSA) is 59.4 Å². The number of nitriles is 1. The molecule has 1 atom stereocenters. The van der Waals surface area contributed by atoms with Crippen LogP contribution in [0.2, 0.25) is 0 Å². The van der Waals surface area contributed by atoms with Gasteiger partial charge in [0, 0.05) is 37.4 Å². The Balaban J connectivity index is 1.75. The molecule has 1 saturated heterocycles. The number of hydrogen-bond donors (Lipinski definition) is 1. The number of hydrogen-bond acceptors (Lipinski definition) is 4. The maximum atomic E-state index is 12.9. The lowest BCUT2D eigenvalue weighted by Crippen LogP contribution is -2.44. The second kappa shape index (κ2) is 8.24. The number of nitrogens with zero attached hydrogens (tertiary/aromatic N) is 3. The number of anilines is 1. The predicted octanol–water partition coefficient (Wildman–Crippen LogP) is 3.11. The Kier molecular flexibility index (Phi) is 5.78. The minimum Gasteiger partial charge on any atom is -0.369 e. The van der Waals surface area contributed by atoms with E-state index in [1.165, 1.54) is 0 Å². The molecule has 0 saturated carbocycles. The van der Waals surface area contributed by atoms with Gasteiger partial charge < -0.3 is 15.1 Å². The molecule has 0 aromatic heterocycles. The van der Waals surface area contributed by atoms with Crippen molar-refractivity contribution in [1.82, 2.24) is 10.2 Å². The molecule has 1 aliphatic heterocycles. The smallest absolute Gasteiger partial charge is 0.252 e. The van der Waals surface area contributed by atoms with E-state index in [4.69, 9.17) is 5.26 Å². The fourth-order valence-corrected chi connectivity index (χ4v) is 3.35. The zero-order chi connectivity index (χ0) is 19.4. The molecule has 0 radical (unpaired) electrons. The Morgan fingerprint density at radius 1 is 1.15 bits per heavy atom. The highest BCUT2D eigenvalue weighted by Gasteiger charge is 2.18. The summed E-state index contributed by atoms with van der Waals surface area (Å²) in [6, 6.07) is 15.4. The van der Waals surface area contributed by atoms with Crippen molar-refractivity contribution in [2.24, 2.45) is 0 Å². The summed E-state index contributed by atoms with van der Waals surface area (Å²) in [6.07, 6.45) is 0. The van der Waals surface area contributed by atoms with Gasteiger partial charge in [-0.2, -0.15) is 5.26 Å². The first kappa shape index (κ1) is 18.9. The maximum Gasteiger partial charge on any atom is 0.252 e. The summed E-state index contributed by atoms with van der Waals surface area (Å²) in [5.41, 5.74) is 4.29. The Labute approximate surface area is 161 Å². The van der Waals surface area contributed by atoms with E-state index in [0.717, 1.165) is 43.0 Å².